The number of fused-ring (bicyclic) bond motifs is 1. The lowest BCUT2D eigenvalue weighted by Gasteiger charge is -2.30. The van der Waals surface area contributed by atoms with Crippen LogP contribution in [0.4, 0.5) is 13.2 Å². The lowest BCUT2D eigenvalue weighted by Crippen LogP contribution is -2.31. The van der Waals surface area contributed by atoms with Crippen molar-refractivity contribution in [2.75, 3.05) is 0 Å². The average molecular weight is 350 g/mol. The molecule has 0 spiro atoms. The Kier molecular flexibility index (Phi) is 4.76. The van der Waals surface area contributed by atoms with Crippen LogP contribution < -0.4 is 4.74 Å². The van der Waals surface area contributed by atoms with Crippen LogP contribution in [0.1, 0.15) is 48.5 Å². The molecule has 0 radical (unpaired) electrons. The number of carbonyl (C=O) groups excluding carboxylic acids is 1. The first-order chi connectivity index (χ1) is 11.8. The summed E-state index contributed by atoms with van der Waals surface area (Å²) in [5, 5.41) is 1.95. The number of alkyl halides is 3. The lowest BCUT2D eigenvalue weighted by molar-refractivity contribution is -0.185. The Bertz CT molecular complexity index is 787. The largest absolute Gasteiger partial charge is 0.490 e. The summed E-state index contributed by atoms with van der Waals surface area (Å²) in [4.78, 5) is 11.5. The number of ketones is 1. The zero-order valence-electron chi connectivity index (χ0n) is 14.3. The second-order valence-electron chi connectivity index (χ2n) is 6.81. The summed E-state index contributed by atoms with van der Waals surface area (Å²) in [6.45, 7) is 3.47. The average Bonchev–Trinajstić information content (AvgIpc) is 2.56. The first-order valence-corrected chi connectivity index (χ1v) is 8.53. The van der Waals surface area contributed by atoms with Gasteiger partial charge in [0, 0.05) is 5.56 Å². The summed E-state index contributed by atoms with van der Waals surface area (Å²) in [5.74, 6) is -0.477. The number of benzene rings is 2. The van der Waals surface area contributed by atoms with Gasteiger partial charge in [0.25, 0.3) is 0 Å². The predicted molar refractivity (Wildman–Crippen MR) is 91.1 cm³/mol. The van der Waals surface area contributed by atoms with Crippen LogP contribution in [-0.2, 0) is 0 Å². The van der Waals surface area contributed by atoms with Crippen LogP contribution in [0.5, 0.6) is 5.75 Å². The van der Waals surface area contributed by atoms with Gasteiger partial charge >= 0.3 is 6.18 Å². The Morgan fingerprint density at radius 2 is 1.76 bits per heavy atom. The fourth-order valence-corrected chi connectivity index (χ4v) is 3.50. The van der Waals surface area contributed by atoms with Gasteiger partial charge in [-0.05, 0) is 68.0 Å². The van der Waals surface area contributed by atoms with Crippen molar-refractivity contribution >= 4 is 16.6 Å². The number of halogens is 3. The van der Waals surface area contributed by atoms with E-state index >= 15 is 0 Å². The normalized spacial score (nSPS) is 21.3. The Morgan fingerprint density at radius 1 is 1.08 bits per heavy atom. The molecule has 0 aromatic heterocycles. The van der Waals surface area contributed by atoms with E-state index in [-0.39, 0.29) is 24.7 Å². The Morgan fingerprint density at radius 3 is 2.36 bits per heavy atom. The van der Waals surface area contributed by atoms with Crippen LogP contribution in [0.3, 0.4) is 0 Å². The molecule has 0 amide bonds. The second-order valence-corrected chi connectivity index (χ2v) is 6.81. The van der Waals surface area contributed by atoms with Crippen molar-refractivity contribution in [3.8, 4) is 5.75 Å². The number of rotatable bonds is 3. The molecule has 1 saturated carbocycles. The van der Waals surface area contributed by atoms with Gasteiger partial charge in [-0.2, -0.15) is 13.2 Å². The third-order valence-electron chi connectivity index (χ3n) is 5.08. The van der Waals surface area contributed by atoms with E-state index in [0.717, 1.165) is 16.3 Å². The van der Waals surface area contributed by atoms with E-state index in [9.17, 15) is 18.0 Å². The van der Waals surface area contributed by atoms with E-state index in [1.54, 1.807) is 6.07 Å². The van der Waals surface area contributed by atoms with E-state index in [4.69, 9.17) is 4.74 Å². The minimum atomic E-state index is -4.10. The maximum absolute atomic E-state index is 12.8. The SMILES string of the molecule is CC(=O)c1ccc2c(C)c(OC3CCC(C(F)(F)F)CC3)ccc2c1. The van der Waals surface area contributed by atoms with Crippen molar-refractivity contribution in [1.29, 1.82) is 0 Å². The monoisotopic (exact) mass is 350 g/mol. The van der Waals surface area contributed by atoms with Crippen molar-refractivity contribution < 1.29 is 22.7 Å². The molecule has 3 rings (SSSR count). The molecule has 1 fully saturated rings. The summed E-state index contributed by atoms with van der Waals surface area (Å²) in [7, 11) is 0. The molecule has 2 nitrogen and oxygen atoms in total. The molecule has 5 heteroatoms. The molecule has 1 aliphatic rings. The lowest BCUT2D eigenvalue weighted by atomic mass is 9.87. The maximum atomic E-state index is 12.8. The number of Topliss-reactive ketones (excluding diaryl/α,β-unsaturated/α-hetero) is 1. The quantitative estimate of drug-likeness (QED) is 0.649. The van der Waals surface area contributed by atoms with Crippen LogP contribution in [0.25, 0.3) is 10.8 Å². The third-order valence-corrected chi connectivity index (χ3v) is 5.08. The molecular formula is C20H21F3O2. The summed E-state index contributed by atoms with van der Waals surface area (Å²) < 4.78 is 44.3. The minimum absolute atomic E-state index is 0.0151. The molecule has 0 N–H and O–H groups in total. The van der Waals surface area contributed by atoms with Gasteiger partial charge in [-0.15, -0.1) is 0 Å². The first-order valence-electron chi connectivity index (χ1n) is 8.53. The smallest absolute Gasteiger partial charge is 0.391 e. The van der Waals surface area contributed by atoms with E-state index in [2.05, 4.69) is 0 Å². The Labute approximate surface area is 145 Å². The predicted octanol–water partition coefficient (Wildman–Crippen LogP) is 5.85. The van der Waals surface area contributed by atoms with Gasteiger partial charge in [0.2, 0.25) is 0 Å². The minimum Gasteiger partial charge on any atom is -0.490 e. The zero-order valence-corrected chi connectivity index (χ0v) is 14.3. The van der Waals surface area contributed by atoms with E-state index in [0.29, 0.717) is 24.2 Å². The molecule has 0 aliphatic heterocycles. The van der Waals surface area contributed by atoms with Gasteiger partial charge in [-0.25, -0.2) is 0 Å². The number of aryl methyl sites for hydroxylation is 1. The molecule has 2 aromatic rings. The van der Waals surface area contributed by atoms with Crippen LogP contribution in [0.2, 0.25) is 0 Å². The number of hydrogen-bond acceptors (Lipinski definition) is 2. The molecule has 2 aromatic carbocycles. The van der Waals surface area contributed by atoms with Crippen molar-refractivity contribution in [3.63, 3.8) is 0 Å². The van der Waals surface area contributed by atoms with Crippen molar-refractivity contribution in [1.82, 2.24) is 0 Å². The summed E-state index contributed by atoms with van der Waals surface area (Å²) in [6.07, 6.45) is -3.18. The Balaban J connectivity index is 1.75. The van der Waals surface area contributed by atoms with Crippen LogP contribution in [-0.4, -0.2) is 18.1 Å². The first kappa shape index (κ1) is 17.8. The Hall–Kier alpha value is -2.04. The molecule has 25 heavy (non-hydrogen) atoms. The van der Waals surface area contributed by atoms with Crippen molar-refractivity contribution in [3.05, 3.63) is 41.5 Å². The van der Waals surface area contributed by atoms with Gasteiger partial charge < -0.3 is 4.74 Å². The highest BCUT2D eigenvalue weighted by molar-refractivity contribution is 5.99. The third kappa shape index (κ3) is 3.80. The molecule has 1 aliphatic carbocycles. The van der Waals surface area contributed by atoms with Gasteiger partial charge in [0.05, 0.1) is 12.0 Å². The molecule has 0 bridgehead atoms. The zero-order chi connectivity index (χ0) is 18.2. The second kappa shape index (κ2) is 6.70. The molecule has 0 unspecified atom stereocenters. The van der Waals surface area contributed by atoms with Crippen molar-refractivity contribution in [2.24, 2.45) is 5.92 Å². The van der Waals surface area contributed by atoms with Crippen LogP contribution in [0.15, 0.2) is 30.3 Å². The number of carbonyl (C=O) groups is 1. The van der Waals surface area contributed by atoms with Gasteiger partial charge in [0.1, 0.15) is 5.75 Å². The topological polar surface area (TPSA) is 26.3 Å². The van der Waals surface area contributed by atoms with E-state index in [1.807, 2.05) is 31.2 Å². The molecule has 0 atom stereocenters. The number of ether oxygens (including phenoxy) is 1. The summed E-state index contributed by atoms with van der Waals surface area (Å²) in [5.41, 5.74) is 1.61. The van der Waals surface area contributed by atoms with E-state index in [1.165, 1.54) is 6.92 Å². The highest BCUT2D eigenvalue weighted by atomic mass is 19.4. The van der Waals surface area contributed by atoms with Gasteiger partial charge in [-0.1, -0.05) is 18.2 Å². The van der Waals surface area contributed by atoms with Crippen LogP contribution in [0, 0.1) is 12.8 Å². The van der Waals surface area contributed by atoms with Gasteiger partial charge in [-0.3, -0.25) is 4.79 Å². The maximum Gasteiger partial charge on any atom is 0.391 e. The fourth-order valence-electron chi connectivity index (χ4n) is 3.50. The van der Waals surface area contributed by atoms with E-state index < -0.39 is 12.1 Å². The standard InChI is InChI=1S/C20H21F3O2/c1-12-18-9-3-14(13(2)24)11-15(18)4-10-19(12)25-17-7-5-16(6-8-17)20(21,22)23/h3-4,9-11,16-17H,5-8H2,1-2H3. The van der Waals surface area contributed by atoms with Crippen LogP contribution >= 0.6 is 0 Å². The van der Waals surface area contributed by atoms with Gasteiger partial charge in [0.15, 0.2) is 5.78 Å². The highest BCUT2D eigenvalue weighted by Crippen LogP contribution is 2.39. The highest BCUT2D eigenvalue weighted by Gasteiger charge is 2.41. The molecule has 134 valence electrons. The molecular weight excluding hydrogens is 329 g/mol. The fraction of sp³-hybridized carbons (Fsp3) is 0.450. The summed E-state index contributed by atoms with van der Waals surface area (Å²) in [6, 6.07) is 9.27. The molecule has 0 heterocycles. The summed E-state index contributed by atoms with van der Waals surface area (Å²) >= 11 is 0. The number of hydrogen-bond donors (Lipinski definition) is 0. The molecule has 0 saturated heterocycles. The van der Waals surface area contributed by atoms with Crippen molar-refractivity contribution in [2.45, 2.75) is 51.8 Å².